The molecule has 1 fully saturated rings. The molecule has 2 amide bonds. The van der Waals surface area contributed by atoms with Gasteiger partial charge in [-0.2, -0.15) is 0 Å². The monoisotopic (exact) mass is 439 g/mol. The first kappa shape index (κ1) is 22.7. The lowest BCUT2D eigenvalue weighted by molar-refractivity contribution is 0.0725. The Bertz CT molecular complexity index is 926. The maximum atomic E-state index is 12.9. The molecule has 6 nitrogen and oxygen atoms in total. The van der Waals surface area contributed by atoms with Gasteiger partial charge >= 0.3 is 0 Å². The number of para-hydroxylation sites is 1. The van der Waals surface area contributed by atoms with Crippen LogP contribution in [-0.4, -0.2) is 41.5 Å². The summed E-state index contributed by atoms with van der Waals surface area (Å²) in [5.41, 5.74) is 1.59. The van der Waals surface area contributed by atoms with Crippen molar-refractivity contribution in [2.75, 3.05) is 25.0 Å². The Morgan fingerprint density at radius 2 is 1.84 bits per heavy atom. The van der Waals surface area contributed by atoms with E-state index < -0.39 is 0 Å². The van der Waals surface area contributed by atoms with E-state index in [0.717, 1.165) is 45.2 Å². The minimum atomic E-state index is -0.335. The van der Waals surface area contributed by atoms with Crippen molar-refractivity contribution in [1.29, 1.82) is 0 Å². The summed E-state index contributed by atoms with van der Waals surface area (Å²) in [7, 11) is 0. The Labute approximate surface area is 189 Å². The van der Waals surface area contributed by atoms with Gasteiger partial charge in [0.2, 0.25) is 0 Å². The number of hydrogen-bond acceptors (Lipinski definition) is 4. The maximum Gasteiger partial charge on any atom is 0.257 e. The number of carbonyl (C=O) groups excluding carboxylic acids is 2. The number of anilines is 1. The van der Waals surface area contributed by atoms with E-state index in [2.05, 4.69) is 17.6 Å². The molecular formula is C24H29N3O3S. The molecule has 31 heavy (non-hydrogen) atoms. The second-order valence-electron chi connectivity index (χ2n) is 7.54. The van der Waals surface area contributed by atoms with Gasteiger partial charge in [0, 0.05) is 18.7 Å². The zero-order valence-corrected chi connectivity index (χ0v) is 18.7. The summed E-state index contributed by atoms with van der Waals surface area (Å²) in [5.74, 6) is 0.296. The number of hydrogen-bond donors (Lipinski definition) is 2. The first-order valence-corrected chi connectivity index (χ1v) is 11.2. The quantitative estimate of drug-likeness (QED) is 0.487. The van der Waals surface area contributed by atoms with Crippen molar-refractivity contribution in [3.63, 3.8) is 0 Å². The normalized spacial score (nSPS) is 13.4. The van der Waals surface area contributed by atoms with Gasteiger partial charge in [0.1, 0.15) is 5.75 Å². The van der Waals surface area contributed by atoms with E-state index in [1.807, 2.05) is 23.1 Å². The third-order valence-electron chi connectivity index (χ3n) is 5.14. The van der Waals surface area contributed by atoms with Crippen LogP contribution in [0.2, 0.25) is 0 Å². The average Bonchev–Trinajstić information content (AvgIpc) is 2.80. The van der Waals surface area contributed by atoms with Crippen molar-refractivity contribution in [2.45, 2.75) is 39.0 Å². The highest BCUT2D eigenvalue weighted by molar-refractivity contribution is 7.80. The molecule has 0 bridgehead atoms. The fourth-order valence-corrected chi connectivity index (χ4v) is 3.64. The molecule has 7 heteroatoms. The standard InChI is InChI=1S/C24H29N3O3S/c1-2-3-16-30-19-11-9-10-18(17-19)22(28)26-24(31)25-21-13-6-5-12-20(21)23(29)27-14-7-4-8-15-27/h5-6,9-13,17H,2-4,7-8,14-16H2,1H3,(H2,25,26,28,31). The van der Waals surface area contributed by atoms with E-state index in [4.69, 9.17) is 17.0 Å². The minimum absolute atomic E-state index is 0.0196. The van der Waals surface area contributed by atoms with Gasteiger partial charge < -0.3 is 15.0 Å². The summed E-state index contributed by atoms with van der Waals surface area (Å²) in [6, 6.07) is 14.2. The van der Waals surface area contributed by atoms with Gasteiger partial charge in [-0.05, 0) is 68.2 Å². The molecule has 0 atom stereocenters. The highest BCUT2D eigenvalue weighted by Gasteiger charge is 2.21. The van der Waals surface area contributed by atoms with E-state index >= 15 is 0 Å². The molecule has 2 aromatic carbocycles. The number of piperidine rings is 1. The zero-order chi connectivity index (χ0) is 22.1. The third-order valence-corrected chi connectivity index (χ3v) is 5.34. The first-order chi connectivity index (χ1) is 15.1. The van der Waals surface area contributed by atoms with E-state index in [0.29, 0.717) is 29.2 Å². The van der Waals surface area contributed by atoms with Gasteiger partial charge in [-0.25, -0.2) is 0 Å². The molecular weight excluding hydrogens is 410 g/mol. The summed E-state index contributed by atoms with van der Waals surface area (Å²) >= 11 is 5.33. The molecule has 0 aromatic heterocycles. The fraction of sp³-hybridized carbons (Fsp3) is 0.375. The van der Waals surface area contributed by atoms with E-state index in [-0.39, 0.29) is 16.9 Å². The predicted octanol–water partition coefficient (Wildman–Crippen LogP) is 4.62. The van der Waals surface area contributed by atoms with Crippen LogP contribution >= 0.6 is 12.2 Å². The van der Waals surface area contributed by atoms with Crippen LogP contribution in [0.25, 0.3) is 0 Å². The summed E-state index contributed by atoms with van der Waals surface area (Å²) in [4.78, 5) is 27.4. The Kier molecular flexibility index (Phi) is 8.41. The van der Waals surface area contributed by atoms with Crippen LogP contribution in [0.15, 0.2) is 48.5 Å². The largest absolute Gasteiger partial charge is 0.494 e. The molecule has 2 aromatic rings. The van der Waals surface area contributed by atoms with Gasteiger partial charge in [0.25, 0.3) is 11.8 Å². The molecule has 0 unspecified atom stereocenters. The lowest BCUT2D eigenvalue weighted by Gasteiger charge is -2.27. The Hall–Kier alpha value is -2.93. The Balaban J connectivity index is 1.63. The molecule has 1 saturated heterocycles. The smallest absolute Gasteiger partial charge is 0.257 e. The van der Waals surface area contributed by atoms with Gasteiger partial charge in [0.05, 0.1) is 17.9 Å². The number of benzene rings is 2. The van der Waals surface area contributed by atoms with Crippen LogP contribution in [0.3, 0.4) is 0 Å². The van der Waals surface area contributed by atoms with Crippen LogP contribution in [0.5, 0.6) is 5.75 Å². The summed E-state index contributed by atoms with van der Waals surface area (Å²) in [6.07, 6.45) is 5.21. The molecule has 1 heterocycles. The van der Waals surface area contributed by atoms with Crippen molar-refractivity contribution < 1.29 is 14.3 Å². The lowest BCUT2D eigenvalue weighted by atomic mass is 10.1. The summed E-state index contributed by atoms with van der Waals surface area (Å²) in [6.45, 7) is 4.25. The average molecular weight is 440 g/mol. The summed E-state index contributed by atoms with van der Waals surface area (Å²) < 4.78 is 5.67. The van der Waals surface area contributed by atoms with E-state index in [1.54, 1.807) is 30.3 Å². The topological polar surface area (TPSA) is 70.7 Å². The van der Waals surface area contributed by atoms with Gasteiger partial charge in [0.15, 0.2) is 5.11 Å². The van der Waals surface area contributed by atoms with Crippen molar-refractivity contribution in [2.24, 2.45) is 0 Å². The van der Waals surface area contributed by atoms with Crippen LogP contribution in [-0.2, 0) is 0 Å². The molecule has 1 aliphatic heterocycles. The number of ether oxygens (including phenoxy) is 1. The maximum absolute atomic E-state index is 12.9. The predicted molar refractivity (Wildman–Crippen MR) is 127 cm³/mol. The second kappa shape index (κ2) is 11.5. The summed E-state index contributed by atoms with van der Waals surface area (Å²) in [5, 5.41) is 5.83. The molecule has 0 radical (unpaired) electrons. The minimum Gasteiger partial charge on any atom is -0.494 e. The van der Waals surface area contributed by atoms with Gasteiger partial charge in [-0.3, -0.25) is 14.9 Å². The number of thiocarbonyl (C=S) groups is 1. The van der Waals surface area contributed by atoms with Crippen molar-refractivity contribution >= 4 is 34.8 Å². The Morgan fingerprint density at radius 1 is 1.06 bits per heavy atom. The number of carbonyl (C=O) groups is 2. The number of amides is 2. The van der Waals surface area contributed by atoms with Gasteiger partial charge in [-0.15, -0.1) is 0 Å². The Morgan fingerprint density at radius 3 is 2.61 bits per heavy atom. The number of nitrogens with one attached hydrogen (secondary N) is 2. The van der Waals surface area contributed by atoms with Gasteiger partial charge in [-0.1, -0.05) is 31.5 Å². The second-order valence-corrected chi connectivity index (χ2v) is 7.94. The van der Waals surface area contributed by atoms with Crippen LogP contribution in [0.1, 0.15) is 59.7 Å². The number of nitrogens with zero attached hydrogens (tertiary/aromatic N) is 1. The fourth-order valence-electron chi connectivity index (χ4n) is 3.44. The van der Waals surface area contributed by atoms with Crippen LogP contribution in [0.4, 0.5) is 5.69 Å². The number of likely N-dealkylation sites (tertiary alicyclic amines) is 1. The third kappa shape index (κ3) is 6.52. The molecule has 3 rings (SSSR count). The lowest BCUT2D eigenvalue weighted by Crippen LogP contribution is -2.37. The van der Waals surface area contributed by atoms with Crippen LogP contribution < -0.4 is 15.4 Å². The molecule has 1 aliphatic rings. The highest BCUT2D eigenvalue weighted by atomic mass is 32.1. The van der Waals surface area contributed by atoms with Crippen molar-refractivity contribution in [3.05, 3.63) is 59.7 Å². The first-order valence-electron chi connectivity index (χ1n) is 10.8. The van der Waals surface area contributed by atoms with E-state index in [9.17, 15) is 9.59 Å². The number of unbranched alkanes of at least 4 members (excludes halogenated alkanes) is 1. The SMILES string of the molecule is CCCCOc1cccc(C(=O)NC(=S)Nc2ccccc2C(=O)N2CCCCC2)c1. The molecule has 0 aliphatic carbocycles. The zero-order valence-electron chi connectivity index (χ0n) is 17.9. The molecule has 164 valence electrons. The van der Waals surface area contributed by atoms with Crippen molar-refractivity contribution in [1.82, 2.24) is 10.2 Å². The van der Waals surface area contributed by atoms with Crippen molar-refractivity contribution in [3.8, 4) is 5.75 Å². The molecule has 2 N–H and O–H groups in total. The molecule has 0 saturated carbocycles. The number of rotatable bonds is 7. The van der Waals surface area contributed by atoms with Crippen LogP contribution in [0, 0.1) is 0 Å². The van der Waals surface area contributed by atoms with E-state index in [1.165, 1.54) is 0 Å². The molecule has 0 spiro atoms. The highest BCUT2D eigenvalue weighted by Crippen LogP contribution is 2.20.